The monoisotopic (exact) mass is 337 g/mol. The van der Waals surface area contributed by atoms with Gasteiger partial charge in [0.15, 0.2) is 0 Å². The molecule has 3 nitrogen and oxygen atoms in total. The third kappa shape index (κ3) is 2.71. The fraction of sp³-hybridized carbons (Fsp3) is 0.562. The van der Waals surface area contributed by atoms with Crippen LogP contribution in [0.25, 0.3) is 0 Å². The predicted octanol–water partition coefficient (Wildman–Crippen LogP) is 4.31. The van der Waals surface area contributed by atoms with Crippen LogP contribution >= 0.6 is 15.9 Å². The van der Waals surface area contributed by atoms with E-state index in [1.54, 1.807) is 12.1 Å². The minimum Gasteiger partial charge on any atom is -0.478 e. The first-order valence-corrected chi connectivity index (χ1v) is 8.16. The van der Waals surface area contributed by atoms with Gasteiger partial charge in [0.2, 0.25) is 0 Å². The summed E-state index contributed by atoms with van der Waals surface area (Å²) in [5, 5.41) is 9.16. The molecule has 1 aliphatic heterocycles. The molecule has 4 heteroatoms. The van der Waals surface area contributed by atoms with Crippen molar-refractivity contribution in [1.82, 2.24) is 0 Å². The molecule has 0 unspecified atom stereocenters. The number of rotatable bonds is 2. The highest BCUT2D eigenvalue weighted by Crippen LogP contribution is 2.46. The van der Waals surface area contributed by atoms with Crippen LogP contribution in [0.1, 0.15) is 48.9 Å². The van der Waals surface area contributed by atoms with Crippen LogP contribution < -0.4 is 4.90 Å². The lowest BCUT2D eigenvalue weighted by molar-refractivity contribution is 0.0697. The maximum absolute atomic E-state index is 11.2. The number of aromatic carboxylic acids is 1. The number of anilines is 1. The molecule has 0 bridgehead atoms. The molecule has 1 aliphatic carbocycles. The Morgan fingerprint density at radius 1 is 1.10 bits per heavy atom. The summed E-state index contributed by atoms with van der Waals surface area (Å²) >= 11 is 3.42. The normalized spacial score (nSPS) is 21.4. The van der Waals surface area contributed by atoms with Crippen LogP contribution in [0.4, 0.5) is 5.69 Å². The molecule has 1 N–H and O–H groups in total. The van der Waals surface area contributed by atoms with E-state index >= 15 is 0 Å². The van der Waals surface area contributed by atoms with Crippen molar-refractivity contribution in [2.45, 2.75) is 38.5 Å². The highest BCUT2D eigenvalue weighted by Gasteiger charge is 2.36. The summed E-state index contributed by atoms with van der Waals surface area (Å²) in [5.74, 6) is -0.864. The number of hydrogen-bond acceptors (Lipinski definition) is 2. The van der Waals surface area contributed by atoms with Gasteiger partial charge in [-0.1, -0.05) is 28.8 Å². The highest BCUT2D eigenvalue weighted by atomic mass is 79.9. The van der Waals surface area contributed by atoms with Crippen molar-refractivity contribution in [1.29, 1.82) is 0 Å². The fourth-order valence-corrected chi connectivity index (χ4v) is 4.23. The predicted molar refractivity (Wildman–Crippen MR) is 83.4 cm³/mol. The minimum atomic E-state index is -0.864. The summed E-state index contributed by atoms with van der Waals surface area (Å²) in [6.07, 6.45) is 8.06. The Bertz CT molecular complexity index is 513. The molecule has 1 aromatic carbocycles. The molecule has 2 fully saturated rings. The van der Waals surface area contributed by atoms with Crippen molar-refractivity contribution in [2.24, 2.45) is 5.41 Å². The number of carboxylic acids is 1. The molecule has 0 amide bonds. The van der Waals surface area contributed by atoms with E-state index < -0.39 is 5.97 Å². The van der Waals surface area contributed by atoms with Gasteiger partial charge in [-0.25, -0.2) is 4.79 Å². The first-order chi connectivity index (χ1) is 9.58. The Balaban J connectivity index is 1.76. The van der Waals surface area contributed by atoms with Crippen LogP contribution in [0.5, 0.6) is 0 Å². The third-order valence-electron chi connectivity index (χ3n) is 4.98. The maximum atomic E-state index is 11.2. The van der Waals surface area contributed by atoms with E-state index in [1.807, 2.05) is 6.07 Å². The Hall–Kier alpha value is -1.03. The van der Waals surface area contributed by atoms with E-state index in [0.29, 0.717) is 11.0 Å². The molecular weight excluding hydrogens is 318 g/mol. The van der Waals surface area contributed by atoms with Gasteiger partial charge >= 0.3 is 5.97 Å². The van der Waals surface area contributed by atoms with Crippen molar-refractivity contribution < 1.29 is 9.90 Å². The van der Waals surface area contributed by atoms with Crippen LogP contribution in [0.15, 0.2) is 22.7 Å². The van der Waals surface area contributed by atoms with Crippen LogP contribution in [0.3, 0.4) is 0 Å². The summed E-state index contributed by atoms with van der Waals surface area (Å²) < 4.78 is 0.841. The van der Waals surface area contributed by atoms with Crippen LogP contribution in [-0.2, 0) is 0 Å². The fourth-order valence-electron chi connectivity index (χ4n) is 3.74. The molecule has 2 aliphatic rings. The average molecular weight is 338 g/mol. The summed E-state index contributed by atoms with van der Waals surface area (Å²) in [4.78, 5) is 13.5. The number of hydrogen-bond donors (Lipinski definition) is 1. The van der Waals surface area contributed by atoms with Crippen molar-refractivity contribution >= 4 is 27.6 Å². The molecule has 3 rings (SSSR count). The lowest BCUT2D eigenvalue weighted by Crippen LogP contribution is -2.38. The smallest absolute Gasteiger partial charge is 0.335 e. The average Bonchev–Trinajstić information content (AvgIpc) is 2.87. The molecule has 0 radical (unpaired) electrons. The molecule has 108 valence electrons. The van der Waals surface area contributed by atoms with E-state index in [2.05, 4.69) is 20.8 Å². The second-order valence-electron chi connectivity index (χ2n) is 6.20. The molecule has 1 spiro atoms. The number of carbonyl (C=O) groups is 1. The Kier molecular flexibility index (Phi) is 3.76. The molecule has 1 saturated carbocycles. The van der Waals surface area contributed by atoms with Crippen LogP contribution in [0, 0.1) is 5.41 Å². The van der Waals surface area contributed by atoms with E-state index in [9.17, 15) is 4.79 Å². The standard InChI is InChI=1S/C16H20BrNO2/c17-13-9-12(15(19)20)10-14(11-13)18-7-5-16(6-8-18)3-1-2-4-16/h9-11H,1-8H2,(H,19,20). The quantitative estimate of drug-likeness (QED) is 0.874. The first-order valence-electron chi connectivity index (χ1n) is 7.37. The number of halogens is 1. The van der Waals surface area contributed by atoms with E-state index in [0.717, 1.165) is 23.2 Å². The highest BCUT2D eigenvalue weighted by molar-refractivity contribution is 9.10. The van der Waals surface area contributed by atoms with Gasteiger partial charge in [-0.2, -0.15) is 0 Å². The van der Waals surface area contributed by atoms with E-state index in [1.165, 1.54) is 38.5 Å². The zero-order chi connectivity index (χ0) is 14.2. The van der Waals surface area contributed by atoms with Gasteiger partial charge in [-0.05, 0) is 49.3 Å². The van der Waals surface area contributed by atoms with Gasteiger partial charge in [-0.15, -0.1) is 0 Å². The molecule has 1 heterocycles. The molecular formula is C16H20BrNO2. The number of benzene rings is 1. The van der Waals surface area contributed by atoms with Gasteiger partial charge in [0.1, 0.15) is 0 Å². The van der Waals surface area contributed by atoms with Gasteiger partial charge < -0.3 is 10.0 Å². The SMILES string of the molecule is O=C(O)c1cc(Br)cc(N2CCC3(CCCC3)CC2)c1. The van der Waals surface area contributed by atoms with Gasteiger partial charge in [-0.3, -0.25) is 0 Å². The Labute approximate surface area is 128 Å². The third-order valence-corrected chi connectivity index (χ3v) is 5.44. The second kappa shape index (κ2) is 5.40. The van der Waals surface area contributed by atoms with Crippen LogP contribution in [0.2, 0.25) is 0 Å². The Morgan fingerprint density at radius 3 is 2.35 bits per heavy atom. The summed E-state index contributed by atoms with van der Waals surface area (Å²) in [6.45, 7) is 2.10. The maximum Gasteiger partial charge on any atom is 0.335 e. The lowest BCUT2D eigenvalue weighted by atomic mass is 9.77. The zero-order valence-corrected chi connectivity index (χ0v) is 13.2. The number of nitrogens with zero attached hydrogens (tertiary/aromatic N) is 1. The topological polar surface area (TPSA) is 40.5 Å². The number of carboxylic acid groups (broad SMARTS) is 1. The van der Waals surface area contributed by atoms with Gasteiger partial charge in [0.25, 0.3) is 0 Å². The molecule has 0 aromatic heterocycles. The van der Waals surface area contributed by atoms with Crippen molar-refractivity contribution in [3.8, 4) is 0 Å². The van der Waals surface area contributed by atoms with E-state index in [4.69, 9.17) is 5.11 Å². The summed E-state index contributed by atoms with van der Waals surface area (Å²) in [6, 6.07) is 5.48. The zero-order valence-electron chi connectivity index (χ0n) is 11.6. The first kappa shape index (κ1) is 13.9. The van der Waals surface area contributed by atoms with Crippen molar-refractivity contribution in [3.63, 3.8) is 0 Å². The van der Waals surface area contributed by atoms with Gasteiger partial charge in [0, 0.05) is 23.2 Å². The molecule has 0 atom stereocenters. The Morgan fingerprint density at radius 2 is 1.75 bits per heavy atom. The molecule has 20 heavy (non-hydrogen) atoms. The summed E-state index contributed by atoms with van der Waals surface area (Å²) in [7, 11) is 0. The van der Waals surface area contributed by atoms with Crippen molar-refractivity contribution in [3.05, 3.63) is 28.2 Å². The van der Waals surface area contributed by atoms with Gasteiger partial charge in [0.05, 0.1) is 5.56 Å². The minimum absolute atomic E-state index is 0.357. The lowest BCUT2D eigenvalue weighted by Gasteiger charge is -2.40. The molecule has 1 aromatic rings. The van der Waals surface area contributed by atoms with Crippen molar-refractivity contribution in [2.75, 3.05) is 18.0 Å². The second-order valence-corrected chi connectivity index (χ2v) is 7.11. The largest absolute Gasteiger partial charge is 0.478 e. The van der Waals surface area contributed by atoms with E-state index in [-0.39, 0.29) is 0 Å². The summed E-state index contributed by atoms with van der Waals surface area (Å²) in [5.41, 5.74) is 1.98. The molecule has 1 saturated heterocycles. The number of piperidine rings is 1. The van der Waals surface area contributed by atoms with Crippen LogP contribution in [-0.4, -0.2) is 24.2 Å².